The molecular formula is C12H26OSi. The molecule has 0 bridgehead atoms. The third-order valence-electron chi connectivity index (χ3n) is 3.14. The van der Waals surface area contributed by atoms with Gasteiger partial charge in [0.05, 0.1) is 0 Å². The molecule has 0 saturated carbocycles. The first-order valence-corrected chi connectivity index (χ1v) is 7.90. The summed E-state index contributed by atoms with van der Waals surface area (Å²) in [4.78, 5) is 0. The van der Waals surface area contributed by atoms with Gasteiger partial charge >= 0.3 is 0 Å². The summed E-state index contributed by atoms with van der Waals surface area (Å²) in [5, 5.41) is 0.252. The van der Waals surface area contributed by atoms with Crippen molar-refractivity contribution in [3.05, 3.63) is 12.3 Å². The van der Waals surface area contributed by atoms with Crippen LogP contribution in [0.5, 0.6) is 0 Å². The Hall–Kier alpha value is -0.0831. The van der Waals surface area contributed by atoms with Gasteiger partial charge in [-0.15, -0.1) is 6.58 Å². The molecule has 0 rings (SSSR count). The van der Waals surface area contributed by atoms with E-state index in [0.29, 0.717) is 0 Å². The maximum absolute atomic E-state index is 6.25. The third-order valence-corrected chi connectivity index (χ3v) is 7.99. The monoisotopic (exact) mass is 214 g/mol. The Morgan fingerprint density at radius 1 is 1.21 bits per heavy atom. The fraction of sp³-hybridized carbons (Fsp3) is 0.833. The van der Waals surface area contributed by atoms with E-state index in [-0.39, 0.29) is 10.6 Å². The molecule has 0 saturated heterocycles. The molecule has 0 aliphatic rings. The van der Waals surface area contributed by atoms with Crippen LogP contribution in [-0.4, -0.2) is 13.9 Å². The number of rotatable bonds is 4. The molecule has 0 N–H and O–H groups in total. The Morgan fingerprint density at radius 2 is 1.64 bits per heavy atom. The summed E-state index contributed by atoms with van der Waals surface area (Å²) in [6.45, 7) is 19.4. The highest BCUT2D eigenvalue weighted by molar-refractivity contribution is 6.80. The van der Waals surface area contributed by atoms with Crippen molar-refractivity contribution in [2.75, 3.05) is 0 Å². The first kappa shape index (κ1) is 13.9. The van der Waals surface area contributed by atoms with Crippen molar-refractivity contribution in [3.8, 4) is 0 Å². The Labute approximate surface area is 90.7 Å². The van der Waals surface area contributed by atoms with E-state index in [4.69, 9.17) is 4.43 Å². The van der Waals surface area contributed by atoms with Gasteiger partial charge < -0.3 is 4.43 Å². The maximum atomic E-state index is 6.25. The molecular weight excluding hydrogens is 188 g/mol. The van der Waals surface area contributed by atoms with Crippen LogP contribution in [0.3, 0.4) is 0 Å². The molecule has 0 aromatic carbocycles. The van der Waals surface area contributed by atoms with Crippen LogP contribution in [0.25, 0.3) is 0 Å². The van der Waals surface area contributed by atoms with E-state index in [0.717, 1.165) is 6.42 Å². The first-order valence-electron chi connectivity index (χ1n) is 5.42. The second-order valence-corrected chi connectivity index (χ2v) is 9.94. The Kier molecular flexibility index (Phi) is 4.17. The second kappa shape index (κ2) is 4.19. The average Bonchev–Trinajstić information content (AvgIpc) is 2.01. The SMILES string of the molecule is C=C[Si](C)(OC(C)(C)C)C(C)(C)CC. The minimum absolute atomic E-state index is 0.0679. The molecule has 0 fully saturated rings. The van der Waals surface area contributed by atoms with Gasteiger partial charge in [-0.3, -0.25) is 0 Å². The highest BCUT2D eigenvalue weighted by Gasteiger charge is 2.43. The number of hydrogen-bond donors (Lipinski definition) is 0. The van der Waals surface area contributed by atoms with Crippen LogP contribution < -0.4 is 0 Å². The zero-order chi connectivity index (χ0) is 11.6. The van der Waals surface area contributed by atoms with E-state index in [2.05, 4.69) is 60.4 Å². The van der Waals surface area contributed by atoms with E-state index in [1.54, 1.807) is 0 Å². The number of hydrogen-bond acceptors (Lipinski definition) is 1. The lowest BCUT2D eigenvalue weighted by molar-refractivity contribution is 0.113. The van der Waals surface area contributed by atoms with E-state index in [9.17, 15) is 0 Å². The lowest BCUT2D eigenvalue weighted by atomic mass is 10.1. The minimum atomic E-state index is -1.82. The second-order valence-electron chi connectivity index (χ2n) is 5.76. The summed E-state index contributed by atoms with van der Waals surface area (Å²) >= 11 is 0. The quantitative estimate of drug-likeness (QED) is 0.634. The molecule has 2 heteroatoms. The highest BCUT2D eigenvalue weighted by Crippen LogP contribution is 2.43. The molecule has 1 unspecified atom stereocenters. The molecule has 0 spiro atoms. The predicted molar refractivity (Wildman–Crippen MR) is 67.0 cm³/mol. The molecule has 84 valence electrons. The van der Waals surface area contributed by atoms with Crippen LogP contribution in [0.1, 0.15) is 48.0 Å². The van der Waals surface area contributed by atoms with Crippen molar-refractivity contribution in [3.63, 3.8) is 0 Å². The first-order chi connectivity index (χ1) is 6.08. The van der Waals surface area contributed by atoms with Gasteiger partial charge in [-0.1, -0.05) is 32.9 Å². The van der Waals surface area contributed by atoms with Crippen LogP contribution in [0.15, 0.2) is 12.3 Å². The highest BCUT2D eigenvalue weighted by atomic mass is 28.4. The van der Waals surface area contributed by atoms with E-state index in [1.165, 1.54) is 0 Å². The van der Waals surface area contributed by atoms with Crippen molar-refractivity contribution in [1.82, 2.24) is 0 Å². The van der Waals surface area contributed by atoms with Gasteiger partial charge in [0, 0.05) is 5.60 Å². The molecule has 14 heavy (non-hydrogen) atoms. The molecule has 0 amide bonds. The van der Waals surface area contributed by atoms with E-state index < -0.39 is 8.32 Å². The summed E-state index contributed by atoms with van der Waals surface area (Å²) < 4.78 is 6.25. The maximum Gasteiger partial charge on any atom is 0.219 e. The summed E-state index contributed by atoms with van der Waals surface area (Å²) in [6, 6.07) is 0. The van der Waals surface area contributed by atoms with Gasteiger partial charge in [0.25, 0.3) is 0 Å². The summed E-state index contributed by atoms with van der Waals surface area (Å²) in [6.07, 6.45) is 1.14. The third kappa shape index (κ3) is 3.25. The minimum Gasteiger partial charge on any atom is -0.408 e. The largest absolute Gasteiger partial charge is 0.408 e. The van der Waals surface area contributed by atoms with Crippen LogP contribution in [0, 0.1) is 0 Å². The van der Waals surface area contributed by atoms with Gasteiger partial charge in [0.15, 0.2) is 0 Å². The lowest BCUT2D eigenvalue weighted by Gasteiger charge is -2.43. The summed E-state index contributed by atoms with van der Waals surface area (Å²) in [5.41, 5.74) is 2.00. The van der Waals surface area contributed by atoms with Gasteiger partial charge in [-0.2, -0.15) is 0 Å². The molecule has 0 aliphatic heterocycles. The van der Waals surface area contributed by atoms with E-state index >= 15 is 0 Å². The van der Waals surface area contributed by atoms with Gasteiger partial charge in [0.2, 0.25) is 8.32 Å². The Bertz CT molecular complexity index is 203. The van der Waals surface area contributed by atoms with Crippen molar-refractivity contribution in [2.24, 2.45) is 0 Å². The molecule has 0 radical (unpaired) electrons. The smallest absolute Gasteiger partial charge is 0.219 e. The topological polar surface area (TPSA) is 9.23 Å². The summed E-state index contributed by atoms with van der Waals surface area (Å²) in [7, 11) is -1.82. The van der Waals surface area contributed by atoms with Crippen LogP contribution in [-0.2, 0) is 4.43 Å². The summed E-state index contributed by atoms with van der Waals surface area (Å²) in [5.74, 6) is 0. The fourth-order valence-corrected chi connectivity index (χ4v) is 4.33. The zero-order valence-electron chi connectivity index (χ0n) is 10.9. The van der Waals surface area contributed by atoms with Gasteiger partial charge in [-0.05, 0) is 32.4 Å². The zero-order valence-corrected chi connectivity index (χ0v) is 11.9. The molecule has 0 aromatic rings. The van der Waals surface area contributed by atoms with Crippen molar-refractivity contribution in [1.29, 1.82) is 0 Å². The van der Waals surface area contributed by atoms with Crippen LogP contribution in [0.4, 0.5) is 0 Å². The molecule has 1 nitrogen and oxygen atoms in total. The van der Waals surface area contributed by atoms with Gasteiger partial charge in [0.1, 0.15) is 0 Å². The predicted octanol–water partition coefficient (Wildman–Crippen LogP) is 4.29. The van der Waals surface area contributed by atoms with Crippen molar-refractivity contribution in [2.45, 2.75) is 65.1 Å². The average molecular weight is 214 g/mol. The lowest BCUT2D eigenvalue weighted by Crippen LogP contribution is -2.48. The van der Waals surface area contributed by atoms with Crippen LogP contribution >= 0.6 is 0 Å². The normalized spacial score (nSPS) is 17.6. The van der Waals surface area contributed by atoms with E-state index in [1.807, 2.05) is 0 Å². The van der Waals surface area contributed by atoms with Crippen LogP contribution in [0.2, 0.25) is 11.6 Å². The standard InChI is InChI=1S/C12H26OSi/c1-9-12(6,7)14(8,10-2)13-11(3,4)5/h10H,2,9H2,1,3-8H3. The Balaban J connectivity index is 4.90. The van der Waals surface area contributed by atoms with Crippen molar-refractivity contribution < 1.29 is 4.43 Å². The van der Waals surface area contributed by atoms with Crippen molar-refractivity contribution >= 4 is 8.32 Å². The molecule has 0 heterocycles. The Morgan fingerprint density at radius 3 is 1.86 bits per heavy atom. The van der Waals surface area contributed by atoms with Gasteiger partial charge in [-0.25, -0.2) is 0 Å². The molecule has 1 atom stereocenters. The molecule has 0 aromatic heterocycles. The fourth-order valence-electron chi connectivity index (χ4n) is 1.44. The molecule has 0 aliphatic carbocycles.